The molecule has 0 bridgehead atoms. The van der Waals surface area contributed by atoms with E-state index in [1.54, 1.807) is 36.4 Å². The molecule has 0 N–H and O–H groups in total. The van der Waals surface area contributed by atoms with Crippen molar-refractivity contribution in [2.24, 2.45) is 0 Å². The van der Waals surface area contributed by atoms with E-state index in [-0.39, 0.29) is 10.6 Å². The first-order chi connectivity index (χ1) is 11.2. The molecule has 0 spiro atoms. The number of rotatable bonds is 3. The van der Waals surface area contributed by atoms with Gasteiger partial charge < -0.3 is 4.74 Å². The summed E-state index contributed by atoms with van der Waals surface area (Å²) in [5, 5.41) is 0.162. The number of para-hydroxylation sites is 1. The van der Waals surface area contributed by atoms with E-state index >= 15 is 0 Å². The Morgan fingerprint density at radius 3 is 2.04 bits per heavy atom. The third-order valence-electron chi connectivity index (χ3n) is 3.33. The van der Waals surface area contributed by atoms with E-state index < -0.39 is 11.6 Å². The predicted molar refractivity (Wildman–Crippen MR) is 90.6 cm³/mol. The fourth-order valence-corrected chi connectivity index (χ4v) is 2.56. The molecule has 3 rings (SSSR count). The third kappa shape index (κ3) is 3.27. The van der Waals surface area contributed by atoms with E-state index in [4.69, 9.17) is 17.0 Å². The largest absolute Gasteiger partial charge is 0.445 e. The standard InChI is InChI=1S/C19H12F2OS/c20-16-11-6-12-17(21)18(16)14-9-4-5-10-15(14)19(23)22-13-7-2-1-3-8-13/h1-12H. The zero-order valence-electron chi connectivity index (χ0n) is 12.0. The monoisotopic (exact) mass is 326 g/mol. The van der Waals surface area contributed by atoms with Crippen LogP contribution in [-0.4, -0.2) is 5.05 Å². The molecule has 1 nitrogen and oxygen atoms in total. The molecular formula is C19H12F2OS. The molecule has 0 fully saturated rings. The van der Waals surface area contributed by atoms with Crippen LogP contribution in [0.1, 0.15) is 5.56 Å². The Kier molecular flexibility index (Phi) is 4.44. The van der Waals surface area contributed by atoms with E-state index in [0.29, 0.717) is 16.9 Å². The van der Waals surface area contributed by atoms with E-state index in [2.05, 4.69) is 0 Å². The highest BCUT2D eigenvalue weighted by Crippen LogP contribution is 2.30. The van der Waals surface area contributed by atoms with Gasteiger partial charge in [0.05, 0.1) is 5.56 Å². The molecule has 0 aliphatic heterocycles. The van der Waals surface area contributed by atoms with E-state index in [1.807, 2.05) is 18.2 Å². The first-order valence-electron chi connectivity index (χ1n) is 6.97. The fraction of sp³-hybridized carbons (Fsp3) is 0. The number of hydrogen-bond acceptors (Lipinski definition) is 2. The number of ether oxygens (including phenoxy) is 1. The molecule has 0 radical (unpaired) electrons. The lowest BCUT2D eigenvalue weighted by molar-refractivity contribution is 0.566. The lowest BCUT2D eigenvalue weighted by atomic mass is 9.99. The molecule has 0 amide bonds. The summed E-state index contributed by atoms with van der Waals surface area (Å²) in [6.45, 7) is 0. The number of thiocarbonyl (C=S) groups is 1. The molecular weight excluding hydrogens is 314 g/mol. The Bertz CT molecular complexity index is 827. The Morgan fingerprint density at radius 1 is 0.739 bits per heavy atom. The van der Waals surface area contributed by atoms with Crippen molar-refractivity contribution in [2.45, 2.75) is 0 Å². The maximum atomic E-state index is 14.1. The normalized spacial score (nSPS) is 10.3. The molecule has 114 valence electrons. The summed E-state index contributed by atoms with van der Waals surface area (Å²) in [6, 6.07) is 19.6. The van der Waals surface area contributed by atoms with Gasteiger partial charge in [-0.3, -0.25) is 0 Å². The summed E-state index contributed by atoms with van der Waals surface area (Å²) in [5.74, 6) is -0.707. The average Bonchev–Trinajstić information content (AvgIpc) is 2.56. The predicted octanol–water partition coefficient (Wildman–Crippen LogP) is 5.39. The summed E-state index contributed by atoms with van der Waals surface area (Å²) >= 11 is 5.31. The molecule has 0 unspecified atom stereocenters. The summed E-state index contributed by atoms with van der Waals surface area (Å²) in [6.07, 6.45) is 0. The van der Waals surface area contributed by atoms with Crippen molar-refractivity contribution in [1.82, 2.24) is 0 Å². The minimum Gasteiger partial charge on any atom is -0.445 e. The van der Waals surface area contributed by atoms with Gasteiger partial charge in [-0.05, 0) is 48.1 Å². The molecule has 23 heavy (non-hydrogen) atoms. The second kappa shape index (κ2) is 6.67. The molecule has 3 aromatic rings. The van der Waals surface area contributed by atoms with Gasteiger partial charge in [0.15, 0.2) is 5.05 Å². The molecule has 3 aromatic carbocycles. The Labute approximate surface area is 138 Å². The number of halogens is 2. The van der Waals surface area contributed by atoms with Gasteiger partial charge in [0.1, 0.15) is 17.4 Å². The van der Waals surface area contributed by atoms with Gasteiger partial charge >= 0.3 is 0 Å². The Morgan fingerprint density at radius 2 is 1.35 bits per heavy atom. The van der Waals surface area contributed by atoms with Crippen LogP contribution in [0.25, 0.3) is 11.1 Å². The molecule has 0 aliphatic rings. The maximum absolute atomic E-state index is 14.1. The van der Waals surface area contributed by atoms with Crippen LogP contribution >= 0.6 is 12.2 Å². The summed E-state index contributed by atoms with van der Waals surface area (Å²) in [7, 11) is 0. The van der Waals surface area contributed by atoms with Gasteiger partial charge in [-0.15, -0.1) is 0 Å². The highest BCUT2D eigenvalue weighted by atomic mass is 32.1. The number of hydrogen-bond donors (Lipinski definition) is 0. The minimum atomic E-state index is -0.639. The van der Waals surface area contributed by atoms with E-state index in [0.717, 1.165) is 0 Å². The van der Waals surface area contributed by atoms with Crippen molar-refractivity contribution >= 4 is 17.3 Å². The van der Waals surface area contributed by atoms with Crippen LogP contribution in [0, 0.1) is 11.6 Å². The van der Waals surface area contributed by atoms with Crippen LogP contribution in [0.5, 0.6) is 5.75 Å². The van der Waals surface area contributed by atoms with Gasteiger partial charge in [-0.2, -0.15) is 0 Å². The molecule has 0 atom stereocenters. The lowest BCUT2D eigenvalue weighted by Crippen LogP contribution is -2.09. The first-order valence-corrected chi connectivity index (χ1v) is 7.38. The van der Waals surface area contributed by atoms with Crippen molar-refractivity contribution in [3.8, 4) is 16.9 Å². The van der Waals surface area contributed by atoms with E-state index in [1.165, 1.54) is 18.2 Å². The van der Waals surface area contributed by atoms with Crippen LogP contribution < -0.4 is 4.74 Å². The lowest BCUT2D eigenvalue weighted by Gasteiger charge is -2.13. The van der Waals surface area contributed by atoms with Gasteiger partial charge in [-0.25, -0.2) is 8.78 Å². The average molecular weight is 326 g/mol. The Hall–Kier alpha value is -2.59. The van der Waals surface area contributed by atoms with Gasteiger partial charge in [0.25, 0.3) is 0 Å². The second-order valence-electron chi connectivity index (χ2n) is 4.84. The van der Waals surface area contributed by atoms with Crippen molar-refractivity contribution in [2.75, 3.05) is 0 Å². The molecule has 4 heteroatoms. The Balaban J connectivity index is 2.03. The van der Waals surface area contributed by atoms with Crippen molar-refractivity contribution in [1.29, 1.82) is 0 Å². The molecule has 0 saturated heterocycles. The van der Waals surface area contributed by atoms with Crippen molar-refractivity contribution in [3.05, 3.63) is 90.0 Å². The van der Waals surface area contributed by atoms with Crippen LogP contribution in [0.3, 0.4) is 0 Å². The highest BCUT2D eigenvalue weighted by Gasteiger charge is 2.17. The molecule has 0 heterocycles. The van der Waals surface area contributed by atoms with Crippen LogP contribution in [0.15, 0.2) is 72.8 Å². The summed E-state index contributed by atoms with van der Waals surface area (Å²) in [5.41, 5.74) is 0.724. The fourth-order valence-electron chi connectivity index (χ4n) is 2.28. The van der Waals surface area contributed by atoms with Gasteiger partial charge in [0, 0.05) is 5.56 Å². The van der Waals surface area contributed by atoms with E-state index in [9.17, 15) is 8.78 Å². The number of benzene rings is 3. The minimum absolute atomic E-state index is 0.109. The maximum Gasteiger partial charge on any atom is 0.198 e. The smallest absolute Gasteiger partial charge is 0.198 e. The van der Waals surface area contributed by atoms with Crippen LogP contribution in [-0.2, 0) is 0 Å². The molecule has 0 aliphatic carbocycles. The highest BCUT2D eigenvalue weighted by molar-refractivity contribution is 7.80. The third-order valence-corrected chi connectivity index (χ3v) is 3.64. The molecule has 0 saturated carbocycles. The van der Waals surface area contributed by atoms with Crippen LogP contribution in [0.2, 0.25) is 0 Å². The first kappa shape index (κ1) is 15.3. The molecule has 0 aromatic heterocycles. The van der Waals surface area contributed by atoms with Gasteiger partial charge in [-0.1, -0.05) is 42.5 Å². The zero-order valence-corrected chi connectivity index (χ0v) is 12.8. The SMILES string of the molecule is Fc1cccc(F)c1-c1ccccc1C(=S)Oc1ccccc1. The topological polar surface area (TPSA) is 9.23 Å². The zero-order chi connectivity index (χ0) is 16.2. The van der Waals surface area contributed by atoms with Crippen molar-refractivity contribution < 1.29 is 13.5 Å². The van der Waals surface area contributed by atoms with Crippen molar-refractivity contribution in [3.63, 3.8) is 0 Å². The quantitative estimate of drug-likeness (QED) is 0.597. The summed E-state index contributed by atoms with van der Waals surface area (Å²) in [4.78, 5) is 0. The van der Waals surface area contributed by atoms with Crippen LogP contribution in [0.4, 0.5) is 8.78 Å². The van der Waals surface area contributed by atoms with Gasteiger partial charge in [0.2, 0.25) is 0 Å². The second-order valence-corrected chi connectivity index (χ2v) is 5.22. The summed E-state index contributed by atoms with van der Waals surface area (Å²) < 4.78 is 33.8.